The van der Waals surface area contributed by atoms with Crippen LogP contribution in [0.1, 0.15) is 11.6 Å². The molecule has 0 aromatic heterocycles. The Kier molecular flexibility index (Phi) is 4.23. The van der Waals surface area contributed by atoms with Crippen LogP contribution in [0.5, 0.6) is 0 Å². The largest absolute Gasteiger partial charge is 0.319 e. The minimum Gasteiger partial charge on any atom is -0.319 e. The summed E-state index contributed by atoms with van der Waals surface area (Å²) >= 11 is 0. The van der Waals surface area contributed by atoms with Crippen LogP contribution in [-0.2, 0) is 4.79 Å². The number of hydrogen-bond donors (Lipinski definition) is 2. The Morgan fingerprint density at radius 2 is 1.52 bits per heavy atom. The summed E-state index contributed by atoms with van der Waals surface area (Å²) in [5.74, 6) is -7.61. The molecule has 1 atom stereocenters. The van der Waals surface area contributed by atoms with Crippen LogP contribution in [0.2, 0.25) is 0 Å². The monoisotopic (exact) mass is 298 g/mol. The zero-order valence-electron chi connectivity index (χ0n) is 10.5. The van der Waals surface area contributed by atoms with Crippen molar-refractivity contribution in [3.63, 3.8) is 0 Å². The number of benzene rings is 2. The minimum atomic E-state index is -1.69. The molecule has 7 heteroatoms. The number of carbonyl (C=O) groups is 1. The van der Waals surface area contributed by atoms with E-state index >= 15 is 0 Å². The van der Waals surface area contributed by atoms with Gasteiger partial charge < -0.3 is 11.1 Å². The number of carbonyl (C=O) groups excluding carboxylic acids is 1. The first-order chi connectivity index (χ1) is 9.91. The minimum absolute atomic E-state index is 0.0530. The van der Waals surface area contributed by atoms with Crippen molar-refractivity contribution in [3.05, 3.63) is 65.2 Å². The molecule has 0 fully saturated rings. The van der Waals surface area contributed by atoms with Gasteiger partial charge in [0.25, 0.3) is 0 Å². The molecule has 0 saturated carbocycles. The molecule has 1 amide bonds. The molecule has 0 saturated heterocycles. The number of halogens is 4. The van der Waals surface area contributed by atoms with E-state index in [1.807, 2.05) is 0 Å². The van der Waals surface area contributed by atoms with E-state index in [1.54, 1.807) is 23.5 Å². The average Bonchev–Trinajstić information content (AvgIpc) is 2.49. The molecular weight excluding hydrogens is 288 g/mol. The number of hydrogen-bond acceptors (Lipinski definition) is 2. The van der Waals surface area contributed by atoms with Gasteiger partial charge in [-0.3, -0.25) is 4.79 Å². The van der Waals surface area contributed by atoms with Gasteiger partial charge in [0, 0.05) is 6.07 Å². The lowest BCUT2D eigenvalue weighted by Crippen LogP contribution is -2.28. The Morgan fingerprint density at radius 3 is 2.05 bits per heavy atom. The summed E-state index contributed by atoms with van der Waals surface area (Å²) in [5.41, 5.74) is 4.80. The lowest BCUT2D eigenvalue weighted by atomic mass is 10.1. The van der Waals surface area contributed by atoms with Crippen molar-refractivity contribution < 1.29 is 22.4 Å². The maximum absolute atomic E-state index is 13.4. The van der Waals surface area contributed by atoms with Gasteiger partial charge in [-0.2, -0.15) is 0 Å². The first kappa shape index (κ1) is 15.0. The van der Waals surface area contributed by atoms with Crippen molar-refractivity contribution in [1.29, 1.82) is 0 Å². The summed E-state index contributed by atoms with van der Waals surface area (Å²) in [4.78, 5) is 11.8. The van der Waals surface area contributed by atoms with Gasteiger partial charge in [-0.1, -0.05) is 30.3 Å². The molecule has 2 aromatic carbocycles. The van der Waals surface area contributed by atoms with Gasteiger partial charge in [-0.15, -0.1) is 0 Å². The second-order valence-electron chi connectivity index (χ2n) is 4.22. The van der Waals surface area contributed by atoms with E-state index in [2.05, 4.69) is 0 Å². The summed E-state index contributed by atoms with van der Waals surface area (Å²) < 4.78 is 52.9. The van der Waals surface area contributed by atoms with Crippen LogP contribution in [-0.4, -0.2) is 5.91 Å². The number of rotatable bonds is 3. The zero-order chi connectivity index (χ0) is 15.6. The SMILES string of the molecule is NC(C(=O)Nc1c(F)c(F)cc(F)c1F)c1ccccc1. The number of nitrogens with two attached hydrogens (primary N) is 1. The Bertz CT molecular complexity index is 650. The predicted molar refractivity (Wildman–Crippen MR) is 68.3 cm³/mol. The average molecular weight is 298 g/mol. The van der Waals surface area contributed by atoms with Gasteiger partial charge >= 0.3 is 0 Å². The third kappa shape index (κ3) is 3.03. The van der Waals surface area contributed by atoms with Gasteiger partial charge in [0.1, 0.15) is 11.7 Å². The molecule has 110 valence electrons. The third-order valence-corrected chi connectivity index (χ3v) is 2.80. The Morgan fingerprint density at radius 1 is 1.00 bits per heavy atom. The molecule has 3 N–H and O–H groups in total. The molecule has 0 heterocycles. The third-order valence-electron chi connectivity index (χ3n) is 2.80. The molecule has 0 aliphatic carbocycles. The predicted octanol–water partition coefficient (Wildman–Crippen LogP) is 2.88. The molecule has 2 aromatic rings. The van der Waals surface area contributed by atoms with Crippen LogP contribution >= 0.6 is 0 Å². The lowest BCUT2D eigenvalue weighted by Gasteiger charge is -2.14. The van der Waals surface area contributed by atoms with Crippen molar-refractivity contribution in [3.8, 4) is 0 Å². The second-order valence-corrected chi connectivity index (χ2v) is 4.22. The molecule has 21 heavy (non-hydrogen) atoms. The van der Waals surface area contributed by atoms with Crippen molar-refractivity contribution in [1.82, 2.24) is 0 Å². The van der Waals surface area contributed by atoms with Crippen molar-refractivity contribution in [2.45, 2.75) is 6.04 Å². The van der Waals surface area contributed by atoms with E-state index in [0.29, 0.717) is 5.56 Å². The number of nitrogens with one attached hydrogen (secondary N) is 1. The van der Waals surface area contributed by atoms with E-state index in [1.165, 1.54) is 12.1 Å². The Balaban J connectivity index is 2.29. The highest BCUT2D eigenvalue weighted by Gasteiger charge is 2.23. The highest BCUT2D eigenvalue weighted by Crippen LogP contribution is 2.25. The molecule has 2 rings (SSSR count). The molecular formula is C14H10F4N2O. The quantitative estimate of drug-likeness (QED) is 0.676. The molecule has 0 spiro atoms. The van der Waals surface area contributed by atoms with Crippen LogP contribution in [0, 0.1) is 23.3 Å². The highest BCUT2D eigenvalue weighted by molar-refractivity contribution is 5.95. The molecule has 1 unspecified atom stereocenters. The van der Waals surface area contributed by atoms with Gasteiger partial charge in [0.05, 0.1) is 0 Å². The summed E-state index contributed by atoms with van der Waals surface area (Å²) in [6.07, 6.45) is 0. The van der Waals surface area contributed by atoms with Gasteiger partial charge in [0.2, 0.25) is 5.91 Å². The van der Waals surface area contributed by atoms with E-state index in [-0.39, 0.29) is 6.07 Å². The lowest BCUT2D eigenvalue weighted by molar-refractivity contribution is -0.117. The van der Waals surface area contributed by atoms with E-state index in [0.717, 1.165) is 0 Å². The fourth-order valence-corrected chi connectivity index (χ4v) is 1.70. The topological polar surface area (TPSA) is 55.1 Å². The Labute approximate surface area is 117 Å². The van der Waals surface area contributed by atoms with E-state index in [4.69, 9.17) is 5.73 Å². The molecule has 3 nitrogen and oxygen atoms in total. The Hall–Kier alpha value is -2.41. The summed E-state index contributed by atoms with van der Waals surface area (Å²) in [7, 11) is 0. The second kappa shape index (κ2) is 5.92. The van der Waals surface area contributed by atoms with Gasteiger partial charge in [0.15, 0.2) is 23.3 Å². The van der Waals surface area contributed by atoms with Crippen LogP contribution < -0.4 is 11.1 Å². The fourth-order valence-electron chi connectivity index (χ4n) is 1.70. The maximum atomic E-state index is 13.4. The first-order valence-corrected chi connectivity index (χ1v) is 5.86. The zero-order valence-corrected chi connectivity index (χ0v) is 10.5. The van der Waals surface area contributed by atoms with Gasteiger partial charge in [-0.05, 0) is 5.56 Å². The smallest absolute Gasteiger partial charge is 0.246 e. The van der Waals surface area contributed by atoms with E-state index in [9.17, 15) is 22.4 Å². The standard InChI is InChI=1S/C14H10F4N2O/c15-8-6-9(16)11(18)13(10(8)17)20-14(21)12(19)7-4-2-1-3-5-7/h1-6,12H,19H2,(H,20,21). The number of amides is 1. The van der Waals surface area contributed by atoms with Crippen LogP contribution in [0.3, 0.4) is 0 Å². The highest BCUT2D eigenvalue weighted by atomic mass is 19.2. The summed E-state index contributed by atoms with van der Waals surface area (Å²) in [6, 6.07) is 6.80. The molecule has 0 radical (unpaired) electrons. The van der Waals surface area contributed by atoms with Gasteiger partial charge in [-0.25, -0.2) is 17.6 Å². The summed E-state index contributed by atoms with van der Waals surface area (Å²) in [5, 5.41) is 1.76. The van der Waals surface area contributed by atoms with Crippen LogP contribution in [0.25, 0.3) is 0 Å². The first-order valence-electron chi connectivity index (χ1n) is 5.86. The van der Waals surface area contributed by atoms with Crippen LogP contribution in [0.15, 0.2) is 36.4 Å². The van der Waals surface area contributed by atoms with Crippen molar-refractivity contribution in [2.24, 2.45) is 5.73 Å². The number of anilines is 1. The maximum Gasteiger partial charge on any atom is 0.246 e. The summed E-state index contributed by atoms with van der Waals surface area (Å²) in [6.45, 7) is 0. The van der Waals surface area contributed by atoms with Crippen molar-refractivity contribution >= 4 is 11.6 Å². The van der Waals surface area contributed by atoms with E-state index < -0.39 is 40.9 Å². The molecule has 0 aliphatic heterocycles. The molecule has 0 bridgehead atoms. The molecule has 0 aliphatic rings. The van der Waals surface area contributed by atoms with Crippen molar-refractivity contribution in [2.75, 3.05) is 5.32 Å². The normalized spacial score (nSPS) is 12.0. The fraction of sp³-hybridized carbons (Fsp3) is 0.0714. The van der Waals surface area contributed by atoms with Crippen LogP contribution in [0.4, 0.5) is 23.2 Å².